The molecule has 246 valence electrons. The molecule has 5 atom stereocenters. The van der Waals surface area contributed by atoms with Crippen LogP contribution in [-0.2, 0) is 40.7 Å². The van der Waals surface area contributed by atoms with Gasteiger partial charge in [-0.2, -0.15) is 0 Å². The van der Waals surface area contributed by atoms with Crippen LogP contribution < -0.4 is 10.4 Å². The fourth-order valence-electron chi connectivity index (χ4n) is 6.71. The second-order valence-electron chi connectivity index (χ2n) is 13.2. The third kappa shape index (κ3) is 7.08. The lowest BCUT2D eigenvalue weighted by Crippen LogP contribution is -2.67. The first-order valence-corrected chi connectivity index (χ1v) is 18.5. The minimum absolute atomic E-state index is 0.181. The van der Waals surface area contributed by atoms with Crippen molar-refractivity contribution < 1.29 is 28.1 Å². The molecule has 6 nitrogen and oxygen atoms in total. The van der Waals surface area contributed by atoms with Crippen molar-refractivity contribution in [1.82, 2.24) is 0 Å². The molecule has 2 aliphatic heterocycles. The van der Waals surface area contributed by atoms with E-state index in [-0.39, 0.29) is 5.04 Å². The van der Waals surface area contributed by atoms with E-state index in [1.54, 1.807) is 0 Å². The van der Waals surface area contributed by atoms with Crippen LogP contribution in [0.2, 0.25) is 5.04 Å². The van der Waals surface area contributed by atoms with Crippen molar-refractivity contribution in [2.75, 3.05) is 13.2 Å². The third-order valence-electron chi connectivity index (χ3n) is 8.97. The van der Waals surface area contributed by atoms with Crippen molar-refractivity contribution in [1.29, 1.82) is 0 Å². The minimum Gasteiger partial charge on any atom is -0.405 e. The van der Waals surface area contributed by atoms with Gasteiger partial charge in [-0.05, 0) is 33.8 Å². The number of benzene rings is 4. The maximum Gasteiger partial charge on any atom is 0.314 e. The maximum atomic E-state index is 7.31. The molecule has 0 bridgehead atoms. The molecule has 6 rings (SSSR count). The van der Waals surface area contributed by atoms with Gasteiger partial charge in [0.2, 0.25) is 0 Å². The summed E-state index contributed by atoms with van der Waals surface area (Å²) in [5, 5.41) is 2.24. The van der Waals surface area contributed by atoms with Gasteiger partial charge in [-0.3, -0.25) is 4.74 Å². The lowest BCUT2D eigenvalue weighted by atomic mass is 10.1. The summed E-state index contributed by atoms with van der Waals surface area (Å²) >= 11 is 0. The Balaban J connectivity index is 1.31. The van der Waals surface area contributed by atoms with Gasteiger partial charge in [0.1, 0.15) is 18.3 Å². The Morgan fingerprint density at radius 2 is 1.36 bits per heavy atom. The third-order valence-corrected chi connectivity index (χ3v) is 14.0. The van der Waals surface area contributed by atoms with Gasteiger partial charge < -0.3 is 23.4 Å². The zero-order chi connectivity index (χ0) is 32.7. The van der Waals surface area contributed by atoms with Gasteiger partial charge in [-0.25, -0.2) is 0 Å². The highest BCUT2D eigenvalue weighted by Gasteiger charge is 2.61. The molecule has 0 N–H and O–H groups in total. The quantitative estimate of drug-likeness (QED) is 0.0826. The number of fused-ring (bicyclic) bond motifs is 1. The van der Waals surface area contributed by atoms with Crippen LogP contribution >= 0.6 is 0 Å². The molecule has 2 aliphatic rings. The van der Waals surface area contributed by atoms with Gasteiger partial charge in [-0.1, -0.05) is 148 Å². The van der Waals surface area contributed by atoms with Gasteiger partial charge in [0.25, 0.3) is 8.32 Å². The molecule has 0 spiro atoms. The smallest absolute Gasteiger partial charge is 0.314 e. The van der Waals surface area contributed by atoms with E-state index < -0.39 is 38.9 Å². The molecule has 2 saturated heterocycles. The highest BCUT2D eigenvalue weighted by molar-refractivity contribution is 6.99. The molecule has 0 radical (unpaired) electrons. The van der Waals surface area contributed by atoms with E-state index in [9.17, 15) is 0 Å². The summed E-state index contributed by atoms with van der Waals surface area (Å²) in [6, 6.07) is 41.2. The molecule has 4 aromatic carbocycles. The number of hydrogen-bond donors (Lipinski definition) is 0. The van der Waals surface area contributed by atoms with E-state index in [4.69, 9.17) is 28.1 Å². The van der Waals surface area contributed by atoms with Gasteiger partial charge in [0, 0.05) is 5.56 Å². The van der Waals surface area contributed by atoms with Crippen molar-refractivity contribution in [3.05, 3.63) is 145 Å². The highest BCUT2D eigenvalue weighted by Crippen LogP contribution is 2.46. The number of ether oxygens (including phenoxy) is 5. The van der Waals surface area contributed by atoms with Gasteiger partial charge in [0.15, 0.2) is 6.29 Å². The summed E-state index contributed by atoms with van der Waals surface area (Å²) < 4.78 is 40.5. The van der Waals surface area contributed by atoms with E-state index in [0.717, 1.165) is 24.0 Å². The summed E-state index contributed by atoms with van der Waals surface area (Å²) in [6.45, 7) is 11.8. The van der Waals surface area contributed by atoms with E-state index in [0.29, 0.717) is 19.8 Å². The Kier molecular flexibility index (Phi) is 10.5. The predicted octanol–water partition coefficient (Wildman–Crippen LogP) is 7.08. The number of hydrogen-bond acceptors (Lipinski definition) is 6. The molecule has 47 heavy (non-hydrogen) atoms. The van der Waals surface area contributed by atoms with Gasteiger partial charge >= 0.3 is 5.97 Å². The monoisotopic (exact) mass is 650 g/mol. The van der Waals surface area contributed by atoms with Crippen molar-refractivity contribution in [2.45, 2.75) is 75.8 Å². The molecule has 0 aromatic heterocycles. The number of rotatable bonds is 14. The van der Waals surface area contributed by atoms with E-state index in [1.807, 2.05) is 54.6 Å². The summed E-state index contributed by atoms with van der Waals surface area (Å²) in [6.07, 6.45) is 1.36. The SMILES string of the molecule is C=CCCCOC1(c2ccccc2)OC2OC(CO[Si](c3ccccc3)(c3ccccc3)C(C)(C)C)C(OCc3ccccc3)C2O1. The van der Waals surface area contributed by atoms with Crippen LogP contribution in [0.15, 0.2) is 134 Å². The van der Waals surface area contributed by atoms with Crippen molar-refractivity contribution >= 4 is 18.7 Å². The molecule has 5 unspecified atom stereocenters. The molecule has 4 aromatic rings. The van der Waals surface area contributed by atoms with E-state index >= 15 is 0 Å². The van der Waals surface area contributed by atoms with Gasteiger partial charge in [-0.15, -0.1) is 6.58 Å². The maximum absolute atomic E-state index is 7.31. The zero-order valence-corrected chi connectivity index (χ0v) is 28.6. The Hall–Kier alpha value is -3.40. The molecule has 2 fully saturated rings. The predicted molar refractivity (Wildman–Crippen MR) is 187 cm³/mol. The fourth-order valence-corrected chi connectivity index (χ4v) is 11.3. The molecule has 0 amide bonds. The molecule has 7 heteroatoms. The standard InChI is InChI=1S/C40H46O6Si/c1-5-6-19-28-42-40(32-22-13-8-14-23-32)45-37-36(41-29-31-20-11-7-12-21-31)35(44-38(37)46-40)30-43-47(39(2,3)4,33-24-15-9-16-25-33)34-26-17-10-18-27-34/h5,7-18,20-27,35-38H,1,6,19,28-30H2,2-4H3. The van der Waals surface area contributed by atoms with Crippen LogP contribution in [0.5, 0.6) is 0 Å². The van der Waals surface area contributed by atoms with Crippen LogP contribution in [0.25, 0.3) is 0 Å². The van der Waals surface area contributed by atoms with Crippen LogP contribution in [-0.4, -0.2) is 46.1 Å². The van der Waals surface area contributed by atoms with Crippen LogP contribution in [0.4, 0.5) is 0 Å². The second-order valence-corrected chi connectivity index (χ2v) is 17.5. The molecule has 2 heterocycles. The normalized spacial score (nSPS) is 24.2. The first-order chi connectivity index (χ1) is 22.9. The van der Waals surface area contributed by atoms with Gasteiger partial charge in [0.05, 0.1) is 19.8 Å². The van der Waals surface area contributed by atoms with Crippen LogP contribution in [0, 0.1) is 0 Å². The molecular formula is C40H46O6Si. The average molecular weight is 651 g/mol. The lowest BCUT2D eigenvalue weighted by Gasteiger charge is -2.43. The molecule has 0 saturated carbocycles. The fraction of sp³-hybridized carbons (Fsp3) is 0.350. The van der Waals surface area contributed by atoms with Crippen molar-refractivity contribution in [3.63, 3.8) is 0 Å². The second kappa shape index (κ2) is 14.8. The van der Waals surface area contributed by atoms with E-state index in [2.05, 4.69) is 100 Å². The number of allylic oxidation sites excluding steroid dienone is 1. The first-order valence-electron chi connectivity index (χ1n) is 16.6. The average Bonchev–Trinajstić information content (AvgIpc) is 3.62. The Bertz CT molecular complexity index is 1510. The molecular weight excluding hydrogens is 605 g/mol. The van der Waals surface area contributed by atoms with Crippen molar-refractivity contribution in [3.8, 4) is 0 Å². The Labute approximate surface area is 280 Å². The topological polar surface area (TPSA) is 55.4 Å². The Morgan fingerprint density at radius 1 is 0.787 bits per heavy atom. The number of unbranched alkanes of at least 4 members (excludes halogenated alkanes) is 1. The highest BCUT2D eigenvalue weighted by atomic mass is 28.4. The lowest BCUT2D eigenvalue weighted by molar-refractivity contribution is -0.377. The summed E-state index contributed by atoms with van der Waals surface area (Å²) in [4.78, 5) is 0. The summed E-state index contributed by atoms with van der Waals surface area (Å²) in [5.41, 5.74) is 1.84. The largest absolute Gasteiger partial charge is 0.405 e. The Morgan fingerprint density at radius 3 is 1.94 bits per heavy atom. The summed E-state index contributed by atoms with van der Waals surface area (Å²) in [7, 11) is -2.83. The minimum atomic E-state index is -2.83. The summed E-state index contributed by atoms with van der Waals surface area (Å²) in [5.74, 6) is -1.41. The molecule has 0 aliphatic carbocycles. The van der Waals surface area contributed by atoms with E-state index in [1.165, 1.54) is 10.4 Å². The zero-order valence-electron chi connectivity index (χ0n) is 27.6. The first kappa shape index (κ1) is 33.5. The van der Waals surface area contributed by atoms with Crippen molar-refractivity contribution in [2.24, 2.45) is 0 Å². The van der Waals surface area contributed by atoms with Crippen LogP contribution in [0.3, 0.4) is 0 Å². The van der Waals surface area contributed by atoms with Crippen LogP contribution in [0.1, 0.15) is 44.7 Å².